The molecule has 33 heavy (non-hydrogen) atoms. The van der Waals surface area contributed by atoms with Gasteiger partial charge in [0.15, 0.2) is 0 Å². The zero-order valence-electron chi connectivity index (χ0n) is 21.4. The van der Waals surface area contributed by atoms with E-state index in [1.807, 2.05) is 26.8 Å². The van der Waals surface area contributed by atoms with Crippen molar-refractivity contribution in [2.45, 2.75) is 73.1 Å². The molecule has 178 valence electrons. The van der Waals surface area contributed by atoms with E-state index in [1.54, 1.807) is 0 Å². The van der Waals surface area contributed by atoms with Crippen molar-refractivity contribution < 1.29 is 4.39 Å². The number of nitrogens with zero attached hydrogens (tertiary/aromatic N) is 1. The third-order valence-corrected chi connectivity index (χ3v) is 6.71. The Morgan fingerprint density at radius 2 is 1.91 bits per heavy atom. The number of aryl methyl sites for hydroxylation is 1. The number of anilines is 2. The predicted octanol–water partition coefficient (Wildman–Crippen LogP) is 8.41. The van der Waals surface area contributed by atoms with Crippen LogP contribution in [0.5, 0.6) is 0 Å². The van der Waals surface area contributed by atoms with Crippen LogP contribution >= 0.6 is 0 Å². The highest BCUT2D eigenvalue weighted by molar-refractivity contribution is 5.72. The van der Waals surface area contributed by atoms with Crippen LogP contribution in [0.2, 0.25) is 0 Å². The van der Waals surface area contributed by atoms with Crippen LogP contribution in [0.4, 0.5) is 15.9 Å². The van der Waals surface area contributed by atoms with Crippen molar-refractivity contribution in [3.63, 3.8) is 0 Å². The summed E-state index contributed by atoms with van der Waals surface area (Å²) in [7, 11) is 0. The summed E-state index contributed by atoms with van der Waals surface area (Å²) in [6.45, 7) is 22.4. The molecular formula is C29H40FN3. The number of halogens is 1. The third-order valence-electron chi connectivity index (χ3n) is 6.71. The van der Waals surface area contributed by atoms with E-state index in [0.29, 0.717) is 17.2 Å². The molecule has 0 amide bonds. The van der Waals surface area contributed by atoms with Gasteiger partial charge in [0.1, 0.15) is 11.6 Å². The summed E-state index contributed by atoms with van der Waals surface area (Å²) in [5, 5.41) is 3.17. The van der Waals surface area contributed by atoms with E-state index in [9.17, 15) is 4.39 Å². The molecule has 0 bridgehead atoms. The highest BCUT2D eigenvalue weighted by Gasteiger charge is 2.31. The van der Waals surface area contributed by atoms with Gasteiger partial charge in [-0.3, -0.25) is 0 Å². The predicted molar refractivity (Wildman–Crippen MR) is 142 cm³/mol. The summed E-state index contributed by atoms with van der Waals surface area (Å²) in [6.07, 6.45) is 4.39. The number of nitrogens with one attached hydrogen (secondary N) is 1. The van der Waals surface area contributed by atoms with E-state index in [4.69, 9.17) is 10.7 Å². The van der Waals surface area contributed by atoms with Crippen molar-refractivity contribution in [3.05, 3.63) is 77.3 Å². The summed E-state index contributed by atoms with van der Waals surface area (Å²) >= 11 is 0. The first-order valence-corrected chi connectivity index (χ1v) is 11.9. The number of rotatable bonds is 10. The molecule has 1 unspecified atom stereocenters. The van der Waals surface area contributed by atoms with Gasteiger partial charge in [0.2, 0.25) is 0 Å². The van der Waals surface area contributed by atoms with Gasteiger partial charge in [-0.1, -0.05) is 65.0 Å². The molecule has 0 aliphatic carbocycles. The van der Waals surface area contributed by atoms with Crippen molar-refractivity contribution in [2.75, 3.05) is 11.1 Å². The van der Waals surface area contributed by atoms with Gasteiger partial charge in [0.05, 0.1) is 11.4 Å². The SMILES string of the molecule is C=C/C(F)=C(/Nc1nc(-c2ccc(C(CC)(CCC)C(=C)C)c(C)c2)cc(N)c1C)C(C)C. The van der Waals surface area contributed by atoms with Crippen molar-refractivity contribution in [2.24, 2.45) is 5.92 Å². The summed E-state index contributed by atoms with van der Waals surface area (Å²) in [4.78, 5) is 4.82. The van der Waals surface area contributed by atoms with Crippen LogP contribution in [0.1, 0.15) is 70.6 Å². The Morgan fingerprint density at radius 1 is 1.24 bits per heavy atom. The molecule has 0 aliphatic heterocycles. The van der Waals surface area contributed by atoms with E-state index in [2.05, 4.69) is 64.4 Å². The Hall–Kier alpha value is -2.88. The maximum absolute atomic E-state index is 14.4. The van der Waals surface area contributed by atoms with E-state index in [1.165, 1.54) is 22.8 Å². The molecule has 0 fully saturated rings. The van der Waals surface area contributed by atoms with Crippen LogP contribution in [-0.4, -0.2) is 4.98 Å². The lowest BCUT2D eigenvalue weighted by Gasteiger charge is -2.35. The fourth-order valence-corrected chi connectivity index (χ4v) is 4.65. The van der Waals surface area contributed by atoms with Crippen LogP contribution in [0.3, 0.4) is 0 Å². The molecular weight excluding hydrogens is 409 g/mol. The van der Waals surface area contributed by atoms with Crippen molar-refractivity contribution in [3.8, 4) is 11.3 Å². The summed E-state index contributed by atoms with van der Waals surface area (Å²) < 4.78 is 14.4. The minimum absolute atomic E-state index is 0.0248. The molecule has 0 aliphatic rings. The van der Waals surface area contributed by atoms with Gasteiger partial charge in [-0.15, -0.1) is 0 Å². The Kier molecular flexibility index (Phi) is 8.65. The summed E-state index contributed by atoms with van der Waals surface area (Å²) in [6, 6.07) is 8.37. The average molecular weight is 450 g/mol. The molecule has 0 radical (unpaired) electrons. The van der Waals surface area contributed by atoms with Crippen molar-refractivity contribution in [1.82, 2.24) is 4.98 Å². The van der Waals surface area contributed by atoms with Crippen molar-refractivity contribution in [1.29, 1.82) is 0 Å². The fourth-order valence-electron chi connectivity index (χ4n) is 4.65. The number of benzene rings is 1. The van der Waals surface area contributed by atoms with Gasteiger partial charge < -0.3 is 11.1 Å². The standard InChI is InChI=1S/C29H40FN3/c1-10-15-29(12-3,19(6)7)23-14-13-22(16-20(23)8)26-17-25(31)21(9)28(32-26)33-27(18(4)5)24(30)11-2/h11,13-14,16-18H,2,6,10,12,15H2,1,3-5,7-9H3,(H3,31,32,33)/b27-24-. The topological polar surface area (TPSA) is 50.9 Å². The maximum Gasteiger partial charge on any atom is 0.142 e. The maximum atomic E-state index is 14.4. The van der Waals surface area contributed by atoms with Gasteiger partial charge >= 0.3 is 0 Å². The minimum atomic E-state index is -0.387. The second-order valence-corrected chi connectivity index (χ2v) is 9.31. The smallest absolute Gasteiger partial charge is 0.142 e. The lowest BCUT2D eigenvalue weighted by molar-refractivity contribution is 0.439. The van der Waals surface area contributed by atoms with E-state index < -0.39 is 0 Å². The number of pyridine rings is 1. The highest BCUT2D eigenvalue weighted by atomic mass is 19.1. The molecule has 4 heteroatoms. The van der Waals surface area contributed by atoms with Crippen LogP contribution in [0, 0.1) is 19.8 Å². The lowest BCUT2D eigenvalue weighted by atomic mass is 9.68. The van der Waals surface area contributed by atoms with Gasteiger partial charge in [-0.2, -0.15) is 0 Å². The number of hydrogen-bond acceptors (Lipinski definition) is 3. The fraction of sp³-hybridized carbons (Fsp3) is 0.414. The van der Waals surface area contributed by atoms with Crippen LogP contribution in [0.15, 0.2) is 60.6 Å². The number of aromatic nitrogens is 1. The molecule has 3 nitrogen and oxygen atoms in total. The van der Waals surface area contributed by atoms with Crippen LogP contribution in [-0.2, 0) is 5.41 Å². The van der Waals surface area contributed by atoms with Crippen LogP contribution in [0.25, 0.3) is 11.3 Å². The number of allylic oxidation sites excluding steroid dienone is 4. The van der Waals surface area contributed by atoms with Gasteiger partial charge in [0.25, 0.3) is 0 Å². The van der Waals surface area contributed by atoms with Gasteiger partial charge in [0, 0.05) is 22.2 Å². The highest BCUT2D eigenvalue weighted by Crippen LogP contribution is 2.42. The normalized spacial score (nSPS) is 14.0. The Labute approximate surface area is 199 Å². The molecule has 1 aromatic heterocycles. The first-order valence-electron chi connectivity index (χ1n) is 11.9. The largest absolute Gasteiger partial charge is 0.398 e. The van der Waals surface area contributed by atoms with Gasteiger partial charge in [-0.25, -0.2) is 9.37 Å². The Bertz CT molecular complexity index is 1060. The minimum Gasteiger partial charge on any atom is -0.398 e. The summed E-state index contributed by atoms with van der Waals surface area (Å²) in [5.41, 5.74) is 13.6. The van der Waals surface area contributed by atoms with Gasteiger partial charge in [-0.05, 0) is 68.9 Å². The Morgan fingerprint density at radius 3 is 2.39 bits per heavy atom. The molecule has 1 aromatic carbocycles. The molecule has 0 saturated carbocycles. The molecule has 0 spiro atoms. The molecule has 0 saturated heterocycles. The Balaban J connectivity index is 2.59. The second-order valence-electron chi connectivity index (χ2n) is 9.31. The lowest BCUT2D eigenvalue weighted by Crippen LogP contribution is -2.27. The van der Waals surface area contributed by atoms with E-state index in [0.717, 1.165) is 36.1 Å². The molecule has 1 atom stereocenters. The molecule has 1 heterocycles. The number of nitrogen functional groups attached to an aromatic ring is 1. The number of nitrogens with two attached hydrogens (primary N) is 1. The second kappa shape index (κ2) is 10.8. The van der Waals surface area contributed by atoms with E-state index in [-0.39, 0.29) is 17.2 Å². The molecule has 2 rings (SSSR count). The van der Waals surface area contributed by atoms with Crippen LogP contribution < -0.4 is 11.1 Å². The number of hydrogen-bond donors (Lipinski definition) is 2. The van der Waals surface area contributed by atoms with E-state index >= 15 is 0 Å². The molecule has 2 aromatic rings. The zero-order chi connectivity index (χ0) is 24.9. The zero-order valence-corrected chi connectivity index (χ0v) is 21.4. The van der Waals surface area contributed by atoms with Crippen molar-refractivity contribution >= 4 is 11.5 Å². The quantitative estimate of drug-likeness (QED) is 0.283. The third kappa shape index (κ3) is 5.38. The summed E-state index contributed by atoms with van der Waals surface area (Å²) in [5.74, 6) is 0.115. The average Bonchev–Trinajstić information content (AvgIpc) is 2.77. The monoisotopic (exact) mass is 449 g/mol. The first kappa shape index (κ1) is 26.4. The molecule has 3 N–H and O–H groups in total. The first-order chi connectivity index (χ1) is 15.5.